The van der Waals surface area contributed by atoms with Crippen LogP contribution in [0.4, 0.5) is 5.82 Å². The first-order valence-electron chi connectivity index (χ1n) is 4.94. The molecule has 0 aromatic carbocycles. The second-order valence-corrected chi connectivity index (χ2v) is 4.34. The van der Waals surface area contributed by atoms with E-state index in [9.17, 15) is 0 Å². The van der Waals surface area contributed by atoms with Gasteiger partial charge in [-0.05, 0) is 40.9 Å². The topological polar surface area (TPSA) is 37.0 Å². The summed E-state index contributed by atoms with van der Waals surface area (Å²) in [7, 11) is 0. The van der Waals surface area contributed by atoms with Crippen molar-refractivity contribution in [1.29, 1.82) is 0 Å². The molecule has 0 aliphatic heterocycles. The van der Waals surface area contributed by atoms with Gasteiger partial charge in [-0.2, -0.15) is 0 Å². The van der Waals surface area contributed by atoms with E-state index in [0.717, 1.165) is 29.4 Å². The molecule has 4 heteroatoms. The Kier molecular flexibility index (Phi) is 3.37. The Hall–Kier alpha value is -0.610. The van der Waals surface area contributed by atoms with Crippen LogP contribution in [0.25, 0.3) is 0 Å². The first kappa shape index (κ1) is 9.93. The van der Waals surface area contributed by atoms with Crippen LogP contribution in [0.3, 0.4) is 0 Å². The fourth-order valence-corrected chi connectivity index (χ4v) is 1.66. The molecule has 1 saturated carbocycles. The smallest absolute Gasteiger partial charge is 0.140 e. The van der Waals surface area contributed by atoms with Gasteiger partial charge in [-0.1, -0.05) is 0 Å². The fraction of sp³-hybridized carbons (Fsp3) is 0.500. The molecule has 76 valence electrons. The van der Waals surface area contributed by atoms with Crippen LogP contribution in [-0.4, -0.2) is 24.1 Å². The van der Waals surface area contributed by atoms with Gasteiger partial charge in [-0.3, -0.25) is 0 Å². The number of anilines is 1. The van der Waals surface area contributed by atoms with E-state index in [2.05, 4.69) is 31.5 Å². The summed E-state index contributed by atoms with van der Waals surface area (Å²) in [6, 6.07) is 4.69. The Morgan fingerprint density at radius 1 is 1.43 bits per heavy atom. The van der Waals surface area contributed by atoms with Crippen LogP contribution in [0.2, 0.25) is 0 Å². The highest BCUT2D eigenvalue weighted by Crippen LogP contribution is 2.19. The average Bonchev–Trinajstić information content (AvgIpc) is 2.99. The van der Waals surface area contributed by atoms with E-state index in [0.29, 0.717) is 0 Å². The van der Waals surface area contributed by atoms with Gasteiger partial charge >= 0.3 is 0 Å². The third-order valence-corrected chi connectivity index (χ3v) is 2.83. The Morgan fingerprint density at radius 3 is 3.00 bits per heavy atom. The number of nitrogens with zero attached hydrogens (tertiary/aromatic N) is 1. The van der Waals surface area contributed by atoms with Gasteiger partial charge in [0.15, 0.2) is 0 Å². The molecule has 0 bridgehead atoms. The van der Waals surface area contributed by atoms with Crippen LogP contribution in [0, 0.1) is 0 Å². The van der Waals surface area contributed by atoms with Gasteiger partial charge in [0.1, 0.15) is 5.82 Å². The van der Waals surface area contributed by atoms with Crippen LogP contribution < -0.4 is 10.6 Å². The molecule has 1 fully saturated rings. The first-order valence-corrected chi connectivity index (χ1v) is 5.73. The number of halogens is 1. The largest absolute Gasteiger partial charge is 0.368 e. The molecule has 1 aromatic heterocycles. The molecule has 0 spiro atoms. The lowest BCUT2D eigenvalue weighted by atomic mass is 10.4. The zero-order chi connectivity index (χ0) is 9.80. The van der Waals surface area contributed by atoms with E-state index in [1.165, 1.54) is 12.8 Å². The van der Waals surface area contributed by atoms with Gasteiger partial charge in [0, 0.05) is 25.3 Å². The molecular weight excluding hydrogens is 242 g/mol. The van der Waals surface area contributed by atoms with E-state index >= 15 is 0 Å². The van der Waals surface area contributed by atoms with E-state index in [1.54, 1.807) is 6.20 Å². The van der Waals surface area contributed by atoms with Crippen molar-refractivity contribution in [2.75, 3.05) is 18.4 Å². The molecule has 0 amide bonds. The number of nitrogens with one attached hydrogen (secondary N) is 2. The Bertz CT molecular complexity index is 299. The van der Waals surface area contributed by atoms with Gasteiger partial charge in [0.2, 0.25) is 0 Å². The van der Waals surface area contributed by atoms with E-state index < -0.39 is 0 Å². The van der Waals surface area contributed by atoms with Crippen molar-refractivity contribution >= 4 is 21.7 Å². The Labute approximate surface area is 92.4 Å². The number of aromatic nitrogens is 1. The van der Waals surface area contributed by atoms with Gasteiger partial charge in [0.05, 0.1) is 4.47 Å². The van der Waals surface area contributed by atoms with Gasteiger partial charge < -0.3 is 10.6 Å². The van der Waals surface area contributed by atoms with Crippen LogP contribution >= 0.6 is 15.9 Å². The maximum atomic E-state index is 4.22. The van der Waals surface area contributed by atoms with E-state index in [1.807, 2.05) is 12.1 Å². The number of hydrogen-bond donors (Lipinski definition) is 2. The van der Waals surface area contributed by atoms with Crippen molar-refractivity contribution in [2.45, 2.75) is 18.9 Å². The maximum Gasteiger partial charge on any atom is 0.140 e. The van der Waals surface area contributed by atoms with Crippen LogP contribution in [0.15, 0.2) is 22.8 Å². The maximum absolute atomic E-state index is 4.22. The summed E-state index contributed by atoms with van der Waals surface area (Å²) in [6.45, 7) is 1.93. The summed E-state index contributed by atoms with van der Waals surface area (Å²) in [6.07, 6.45) is 4.47. The predicted octanol–water partition coefficient (Wildman–Crippen LogP) is 2.01. The third-order valence-electron chi connectivity index (χ3n) is 2.19. The lowest BCUT2D eigenvalue weighted by Gasteiger charge is -2.07. The zero-order valence-corrected chi connectivity index (χ0v) is 9.55. The van der Waals surface area contributed by atoms with Crippen LogP contribution in [0.5, 0.6) is 0 Å². The van der Waals surface area contributed by atoms with Crippen molar-refractivity contribution in [2.24, 2.45) is 0 Å². The van der Waals surface area contributed by atoms with E-state index in [-0.39, 0.29) is 0 Å². The third kappa shape index (κ3) is 2.96. The molecule has 0 radical (unpaired) electrons. The lowest BCUT2D eigenvalue weighted by molar-refractivity contribution is 0.700. The number of hydrogen-bond acceptors (Lipinski definition) is 3. The van der Waals surface area contributed by atoms with Crippen molar-refractivity contribution in [3.63, 3.8) is 0 Å². The SMILES string of the molecule is Brc1cccnc1NCCNC1CC1. The standard InChI is InChI=1S/C10H14BrN3/c11-9-2-1-5-13-10(9)14-7-6-12-8-3-4-8/h1-2,5,8,12H,3-4,6-7H2,(H,13,14). The quantitative estimate of drug-likeness (QED) is 0.791. The zero-order valence-electron chi connectivity index (χ0n) is 7.96. The monoisotopic (exact) mass is 255 g/mol. The lowest BCUT2D eigenvalue weighted by Crippen LogP contribution is -2.24. The minimum absolute atomic E-state index is 0.781. The minimum atomic E-state index is 0.781. The van der Waals surface area contributed by atoms with Crippen molar-refractivity contribution in [1.82, 2.24) is 10.3 Å². The fourth-order valence-electron chi connectivity index (χ4n) is 1.26. The van der Waals surface area contributed by atoms with Gasteiger partial charge in [-0.25, -0.2) is 4.98 Å². The van der Waals surface area contributed by atoms with Crippen molar-refractivity contribution < 1.29 is 0 Å². The highest BCUT2D eigenvalue weighted by atomic mass is 79.9. The Balaban J connectivity index is 1.71. The molecule has 0 saturated heterocycles. The van der Waals surface area contributed by atoms with Gasteiger partial charge in [-0.15, -0.1) is 0 Å². The van der Waals surface area contributed by atoms with Crippen LogP contribution in [-0.2, 0) is 0 Å². The first-order chi connectivity index (χ1) is 6.86. The predicted molar refractivity (Wildman–Crippen MR) is 61.5 cm³/mol. The van der Waals surface area contributed by atoms with Crippen LogP contribution in [0.1, 0.15) is 12.8 Å². The van der Waals surface area contributed by atoms with E-state index in [4.69, 9.17) is 0 Å². The molecule has 14 heavy (non-hydrogen) atoms. The molecule has 2 rings (SSSR count). The summed E-state index contributed by atoms with van der Waals surface area (Å²) < 4.78 is 1.02. The average molecular weight is 256 g/mol. The molecule has 0 unspecified atom stereocenters. The second-order valence-electron chi connectivity index (χ2n) is 3.49. The highest BCUT2D eigenvalue weighted by Gasteiger charge is 2.19. The van der Waals surface area contributed by atoms with Crippen molar-refractivity contribution in [3.8, 4) is 0 Å². The molecule has 1 aliphatic carbocycles. The number of pyridine rings is 1. The summed E-state index contributed by atoms with van der Waals surface area (Å²) in [5.41, 5.74) is 0. The summed E-state index contributed by atoms with van der Waals surface area (Å²) in [5, 5.41) is 6.72. The summed E-state index contributed by atoms with van der Waals surface area (Å²) in [4.78, 5) is 4.22. The number of rotatable bonds is 5. The molecule has 1 aromatic rings. The molecule has 1 heterocycles. The Morgan fingerprint density at radius 2 is 2.29 bits per heavy atom. The van der Waals surface area contributed by atoms with Gasteiger partial charge in [0.25, 0.3) is 0 Å². The normalized spacial score (nSPS) is 15.5. The molecule has 2 N–H and O–H groups in total. The summed E-state index contributed by atoms with van der Waals surface area (Å²) in [5.74, 6) is 0.921. The molecular formula is C10H14BrN3. The molecule has 1 aliphatic rings. The summed E-state index contributed by atoms with van der Waals surface area (Å²) >= 11 is 3.44. The highest BCUT2D eigenvalue weighted by molar-refractivity contribution is 9.10. The molecule has 0 atom stereocenters. The van der Waals surface area contributed by atoms with Crippen molar-refractivity contribution in [3.05, 3.63) is 22.8 Å². The molecule has 3 nitrogen and oxygen atoms in total. The minimum Gasteiger partial charge on any atom is -0.368 e. The second kappa shape index (κ2) is 4.75.